The lowest BCUT2D eigenvalue weighted by atomic mass is 10.1. The van der Waals surface area contributed by atoms with Crippen molar-refractivity contribution >= 4 is 23.2 Å². The average molecular weight is 403 g/mol. The highest BCUT2D eigenvalue weighted by molar-refractivity contribution is 6.03. The fraction of sp³-hybridized carbons (Fsp3) is 0.167. The topological polar surface area (TPSA) is 93.5 Å². The lowest BCUT2D eigenvalue weighted by Crippen LogP contribution is -2.24. The van der Waals surface area contributed by atoms with E-state index in [1.165, 1.54) is 5.56 Å². The van der Waals surface area contributed by atoms with Crippen LogP contribution in [-0.4, -0.2) is 25.0 Å². The van der Waals surface area contributed by atoms with Crippen LogP contribution in [0.4, 0.5) is 11.4 Å². The van der Waals surface area contributed by atoms with E-state index in [-0.39, 0.29) is 18.0 Å². The monoisotopic (exact) mass is 403 g/mol. The van der Waals surface area contributed by atoms with Crippen LogP contribution >= 0.6 is 0 Å². The molecule has 4 N–H and O–H groups in total. The second kappa shape index (κ2) is 10.7. The molecule has 0 unspecified atom stereocenters. The molecule has 0 aliphatic rings. The molecular formula is C24H25N3O3. The number of nitrogens with two attached hydrogens (primary N) is 1. The molecule has 0 radical (unpaired) electrons. The summed E-state index contributed by atoms with van der Waals surface area (Å²) in [6.07, 6.45) is 1.83. The number of carbonyl (C=O) groups is 2. The van der Waals surface area contributed by atoms with E-state index in [1.807, 2.05) is 42.5 Å². The maximum atomic E-state index is 12.3. The molecule has 0 saturated carbocycles. The van der Waals surface area contributed by atoms with Crippen molar-refractivity contribution in [2.45, 2.75) is 12.8 Å². The van der Waals surface area contributed by atoms with Crippen molar-refractivity contribution in [3.05, 3.63) is 90.0 Å². The van der Waals surface area contributed by atoms with Crippen LogP contribution in [0, 0.1) is 0 Å². The first-order chi connectivity index (χ1) is 14.6. The summed E-state index contributed by atoms with van der Waals surface area (Å²) < 4.78 is 5.90. The van der Waals surface area contributed by atoms with Crippen LogP contribution in [0.25, 0.3) is 0 Å². The number of primary amides is 1. The first-order valence-corrected chi connectivity index (χ1v) is 9.82. The summed E-state index contributed by atoms with van der Waals surface area (Å²) in [4.78, 5) is 23.8. The van der Waals surface area contributed by atoms with Gasteiger partial charge in [0, 0.05) is 0 Å². The highest BCUT2D eigenvalue weighted by Crippen LogP contribution is 2.24. The van der Waals surface area contributed by atoms with Crippen molar-refractivity contribution in [2.24, 2.45) is 5.73 Å². The van der Waals surface area contributed by atoms with Crippen molar-refractivity contribution in [1.29, 1.82) is 0 Å². The largest absolute Gasteiger partial charge is 0.491 e. The van der Waals surface area contributed by atoms with E-state index in [1.54, 1.807) is 24.3 Å². The lowest BCUT2D eigenvalue weighted by Gasteiger charge is -2.14. The quantitative estimate of drug-likeness (QED) is 0.448. The number of anilines is 2. The molecule has 2 amide bonds. The number of carbonyl (C=O) groups excluding carboxylic acids is 2. The minimum absolute atomic E-state index is 0.0253. The molecule has 6 heteroatoms. The van der Waals surface area contributed by atoms with Gasteiger partial charge in [0.25, 0.3) is 5.91 Å². The second-order valence-electron chi connectivity index (χ2n) is 6.75. The molecule has 30 heavy (non-hydrogen) atoms. The van der Waals surface area contributed by atoms with E-state index < -0.39 is 5.91 Å². The Bertz CT molecular complexity index is 990. The van der Waals surface area contributed by atoms with E-state index in [0.717, 1.165) is 18.5 Å². The van der Waals surface area contributed by atoms with Crippen LogP contribution in [-0.2, 0) is 11.2 Å². The minimum Gasteiger partial charge on any atom is -0.491 e. The number of aryl methyl sites for hydroxylation is 1. The first kappa shape index (κ1) is 20.9. The highest BCUT2D eigenvalue weighted by Gasteiger charge is 2.11. The smallest absolute Gasteiger partial charge is 0.250 e. The van der Waals surface area contributed by atoms with Crippen molar-refractivity contribution in [3.8, 4) is 5.75 Å². The van der Waals surface area contributed by atoms with Crippen LogP contribution in [0.2, 0.25) is 0 Å². The average Bonchev–Trinajstić information content (AvgIpc) is 2.77. The zero-order chi connectivity index (χ0) is 21.2. The second-order valence-corrected chi connectivity index (χ2v) is 6.75. The molecule has 154 valence electrons. The van der Waals surface area contributed by atoms with Gasteiger partial charge in [-0.2, -0.15) is 0 Å². The summed E-state index contributed by atoms with van der Waals surface area (Å²) in [6, 6.07) is 24.4. The summed E-state index contributed by atoms with van der Waals surface area (Å²) in [5, 5.41) is 5.80. The molecule has 0 aliphatic heterocycles. The Kier molecular flexibility index (Phi) is 7.44. The Morgan fingerprint density at radius 2 is 1.50 bits per heavy atom. The number of ether oxygens (including phenoxy) is 1. The van der Waals surface area contributed by atoms with Gasteiger partial charge in [0.05, 0.1) is 30.1 Å². The zero-order valence-electron chi connectivity index (χ0n) is 16.6. The summed E-state index contributed by atoms with van der Waals surface area (Å²) in [5.74, 6) is -0.188. The molecule has 3 rings (SSSR count). The molecule has 6 nitrogen and oxygen atoms in total. The van der Waals surface area contributed by atoms with Crippen molar-refractivity contribution in [1.82, 2.24) is 0 Å². The summed E-state index contributed by atoms with van der Waals surface area (Å²) in [7, 11) is 0. The predicted octanol–water partition coefficient (Wildman–Crippen LogP) is 3.85. The normalized spacial score (nSPS) is 10.3. The van der Waals surface area contributed by atoms with Crippen molar-refractivity contribution in [2.75, 3.05) is 23.8 Å². The van der Waals surface area contributed by atoms with E-state index in [9.17, 15) is 9.59 Å². The summed E-state index contributed by atoms with van der Waals surface area (Å²) >= 11 is 0. The van der Waals surface area contributed by atoms with Crippen molar-refractivity contribution in [3.63, 3.8) is 0 Å². The third-order valence-corrected chi connectivity index (χ3v) is 4.50. The maximum Gasteiger partial charge on any atom is 0.250 e. The zero-order valence-corrected chi connectivity index (χ0v) is 16.6. The Hall–Kier alpha value is -3.80. The summed E-state index contributed by atoms with van der Waals surface area (Å²) in [6.45, 7) is 0.600. The van der Waals surface area contributed by atoms with Gasteiger partial charge in [-0.15, -0.1) is 0 Å². The Balaban J connectivity index is 1.51. The van der Waals surface area contributed by atoms with E-state index in [4.69, 9.17) is 10.5 Å². The molecule has 0 saturated heterocycles. The number of benzene rings is 3. The summed E-state index contributed by atoms with van der Waals surface area (Å²) in [5.41, 5.74) is 8.02. The minimum atomic E-state index is -0.590. The highest BCUT2D eigenvalue weighted by atomic mass is 16.5. The number of amides is 2. The molecule has 0 fully saturated rings. The van der Waals surface area contributed by atoms with Gasteiger partial charge < -0.3 is 21.1 Å². The molecule has 0 aromatic heterocycles. The van der Waals surface area contributed by atoms with E-state index in [2.05, 4.69) is 22.8 Å². The van der Waals surface area contributed by atoms with Gasteiger partial charge in [-0.3, -0.25) is 9.59 Å². The molecule has 0 atom stereocenters. The molecule has 0 aliphatic carbocycles. The van der Waals surface area contributed by atoms with Gasteiger partial charge in [-0.1, -0.05) is 54.6 Å². The number of hydrogen-bond donors (Lipinski definition) is 3. The van der Waals surface area contributed by atoms with E-state index >= 15 is 0 Å². The predicted molar refractivity (Wildman–Crippen MR) is 119 cm³/mol. The number of rotatable bonds is 10. The van der Waals surface area contributed by atoms with Gasteiger partial charge in [0.15, 0.2) is 0 Å². The molecule has 3 aromatic carbocycles. The Morgan fingerprint density at radius 3 is 2.27 bits per heavy atom. The fourth-order valence-corrected chi connectivity index (χ4v) is 3.02. The van der Waals surface area contributed by atoms with Gasteiger partial charge in [0.1, 0.15) is 5.75 Å². The van der Waals surface area contributed by atoms with Crippen LogP contribution in [0.3, 0.4) is 0 Å². The van der Waals surface area contributed by atoms with Gasteiger partial charge >= 0.3 is 0 Å². The van der Waals surface area contributed by atoms with Crippen LogP contribution < -0.4 is 21.1 Å². The molecular weight excluding hydrogens is 378 g/mol. The Morgan fingerprint density at radius 1 is 0.833 bits per heavy atom. The van der Waals surface area contributed by atoms with Gasteiger partial charge in [-0.05, 0) is 42.7 Å². The SMILES string of the molecule is NC(=O)c1ccccc1NC(=O)CNc1ccccc1OCCCc1ccccc1. The van der Waals surface area contributed by atoms with E-state index in [0.29, 0.717) is 18.0 Å². The number of nitrogens with one attached hydrogen (secondary N) is 2. The maximum absolute atomic E-state index is 12.3. The first-order valence-electron chi connectivity index (χ1n) is 9.82. The molecule has 3 aromatic rings. The van der Waals surface area contributed by atoms with Gasteiger partial charge in [0.2, 0.25) is 5.91 Å². The Labute approximate surface area is 176 Å². The van der Waals surface area contributed by atoms with Crippen LogP contribution in [0.5, 0.6) is 5.75 Å². The molecule has 0 heterocycles. The number of hydrogen-bond acceptors (Lipinski definition) is 4. The fourth-order valence-electron chi connectivity index (χ4n) is 3.02. The van der Waals surface area contributed by atoms with Crippen LogP contribution in [0.15, 0.2) is 78.9 Å². The van der Waals surface area contributed by atoms with Crippen LogP contribution in [0.1, 0.15) is 22.3 Å². The molecule has 0 bridgehead atoms. The third-order valence-electron chi connectivity index (χ3n) is 4.50. The van der Waals surface area contributed by atoms with Gasteiger partial charge in [-0.25, -0.2) is 0 Å². The third kappa shape index (κ3) is 6.10. The number of para-hydroxylation sites is 3. The standard InChI is InChI=1S/C24H25N3O3/c25-24(29)19-12-4-5-13-20(19)27-23(28)17-26-21-14-6-7-15-22(21)30-16-8-11-18-9-2-1-3-10-18/h1-7,9-10,12-15,26H,8,11,16-17H2,(H2,25,29)(H,27,28). The molecule has 0 spiro atoms. The lowest BCUT2D eigenvalue weighted by molar-refractivity contribution is -0.114. The van der Waals surface area contributed by atoms with Crippen molar-refractivity contribution < 1.29 is 14.3 Å².